The summed E-state index contributed by atoms with van der Waals surface area (Å²) in [5.74, 6) is -7.07. The van der Waals surface area contributed by atoms with E-state index in [4.69, 9.17) is 9.47 Å². The van der Waals surface area contributed by atoms with Gasteiger partial charge in [-0.3, -0.25) is 9.69 Å². The number of aromatic amines is 1. The van der Waals surface area contributed by atoms with Crippen molar-refractivity contribution in [2.75, 3.05) is 11.5 Å². The average molecular weight is 758 g/mol. The molecule has 7 rings (SSSR count). The van der Waals surface area contributed by atoms with Gasteiger partial charge < -0.3 is 55.3 Å². The second-order valence-corrected chi connectivity index (χ2v) is 14.5. The number of carbonyl (C=O) groups is 2. The van der Waals surface area contributed by atoms with Gasteiger partial charge in [0, 0.05) is 41.9 Å². The molecule has 1 saturated carbocycles. The third-order valence-corrected chi connectivity index (χ3v) is 11.1. The highest BCUT2D eigenvalue weighted by Crippen LogP contribution is 2.55. The number of imidazole rings is 1. The highest BCUT2D eigenvalue weighted by molar-refractivity contribution is 6.10. The number of phenols is 2. The molecule has 4 aromatic rings. The van der Waals surface area contributed by atoms with Crippen molar-refractivity contribution < 1.29 is 59.9 Å². The molecule has 7 unspecified atom stereocenters. The van der Waals surface area contributed by atoms with Gasteiger partial charge >= 0.3 is 11.9 Å². The summed E-state index contributed by atoms with van der Waals surface area (Å²) in [6, 6.07) is 15.5. The van der Waals surface area contributed by atoms with Crippen LogP contribution in [0.1, 0.15) is 66.0 Å². The normalized spacial score (nSPS) is 27.3. The molecule has 15 heteroatoms. The largest absolute Gasteiger partial charge is 0.508 e. The number of nitrogens with zero attached hydrogens (tertiary/aromatic N) is 2. The molecule has 55 heavy (non-hydrogen) atoms. The molecule has 290 valence electrons. The molecule has 0 spiro atoms. The lowest BCUT2D eigenvalue weighted by Crippen LogP contribution is -2.67. The smallest absolute Gasteiger partial charge is 0.355 e. The molecular weight excluding hydrogens is 714 g/mol. The number of carboxylic acid groups (broad SMARTS) is 1. The van der Waals surface area contributed by atoms with E-state index in [1.165, 1.54) is 30.6 Å². The quantitative estimate of drug-likeness (QED) is 0.0789. The Morgan fingerprint density at radius 2 is 1.75 bits per heavy atom. The van der Waals surface area contributed by atoms with Crippen molar-refractivity contribution in [3.63, 3.8) is 0 Å². The van der Waals surface area contributed by atoms with E-state index >= 15 is 0 Å². The molecule has 9 N–H and O–H groups in total. The van der Waals surface area contributed by atoms with Crippen LogP contribution >= 0.6 is 0 Å². The lowest BCUT2D eigenvalue weighted by atomic mass is 9.70. The number of carbonyl (C=O) groups excluding carboxylic acids is 1. The van der Waals surface area contributed by atoms with Crippen LogP contribution < -0.4 is 9.64 Å². The Balaban J connectivity index is 1.29. The highest BCUT2D eigenvalue weighted by Gasteiger charge is 2.56. The Hall–Kier alpha value is -5.29. The number of aromatic nitrogens is 2. The fourth-order valence-electron chi connectivity index (χ4n) is 8.35. The Morgan fingerprint density at radius 1 is 1.00 bits per heavy atom. The predicted octanol–water partition coefficient (Wildman–Crippen LogP) is 2.41. The average Bonchev–Trinajstić information content (AvgIpc) is 3.94. The number of ether oxygens (including phenoxy) is 2. The van der Waals surface area contributed by atoms with Crippen molar-refractivity contribution in [3.8, 4) is 17.2 Å². The fourth-order valence-corrected chi connectivity index (χ4v) is 8.35. The van der Waals surface area contributed by atoms with Crippen LogP contribution in [0.5, 0.6) is 17.2 Å². The number of aliphatic carboxylic acids is 1. The number of hydrogen-bond acceptors (Lipinski definition) is 12. The summed E-state index contributed by atoms with van der Waals surface area (Å²) in [6.45, 7) is -0.877. The molecule has 15 nitrogen and oxygen atoms in total. The summed E-state index contributed by atoms with van der Waals surface area (Å²) in [7, 11) is 0. The van der Waals surface area contributed by atoms with Crippen molar-refractivity contribution in [3.05, 3.63) is 107 Å². The van der Waals surface area contributed by atoms with E-state index in [-0.39, 0.29) is 11.4 Å². The Morgan fingerprint density at radius 3 is 2.42 bits per heavy atom. The molecule has 1 aliphatic carbocycles. The van der Waals surface area contributed by atoms with E-state index < -0.39 is 77.7 Å². The maximum Gasteiger partial charge on any atom is 0.355 e. The zero-order chi connectivity index (χ0) is 39.1. The minimum atomic E-state index is -3.09. The molecule has 3 heterocycles. The van der Waals surface area contributed by atoms with Crippen LogP contribution in [0.4, 0.5) is 5.69 Å². The van der Waals surface area contributed by atoms with E-state index in [9.17, 15) is 50.4 Å². The van der Waals surface area contributed by atoms with Crippen LogP contribution in [-0.2, 0) is 26.2 Å². The summed E-state index contributed by atoms with van der Waals surface area (Å²) in [5, 5.41) is 84.8. The van der Waals surface area contributed by atoms with Crippen molar-refractivity contribution in [1.29, 1.82) is 0 Å². The second kappa shape index (κ2) is 15.1. The molecule has 7 atom stereocenters. The SMILES string of the molecule is O=C(O)C1C(CC2(c3ccccc3)CCCC2)c2cc(O)c(OC3(O)OC(CO)C(O)C(O)C3O)cc2N1C(=O)C=Cc1ccc(O)c(Cc2cnc[nH]2)c1. The number of aromatic hydroxyl groups is 2. The van der Waals surface area contributed by atoms with Gasteiger partial charge in [-0.1, -0.05) is 49.2 Å². The number of aliphatic hydroxyl groups is 5. The molecule has 3 aliphatic rings. The topological polar surface area (TPSA) is 246 Å². The first-order valence-corrected chi connectivity index (χ1v) is 18.0. The van der Waals surface area contributed by atoms with E-state index in [2.05, 4.69) is 9.97 Å². The number of hydrogen-bond donors (Lipinski definition) is 9. The van der Waals surface area contributed by atoms with E-state index in [1.807, 2.05) is 30.3 Å². The number of H-pyrrole nitrogens is 1. The number of carboxylic acids is 1. The number of benzene rings is 3. The van der Waals surface area contributed by atoms with Crippen molar-refractivity contribution in [2.45, 2.75) is 86.3 Å². The van der Waals surface area contributed by atoms with Crippen LogP contribution in [0.25, 0.3) is 6.08 Å². The first kappa shape index (κ1) is 38.0. The predicted molar refractivity (Wildman–Crippen MR) is 195 cm³/mol. The third kappa shape index (κ3) is 7.17. The number of nitrogens with one attached hydrogen (secondary N) is 1. The van der Waals surface area contributed by atoms with Gasteiger partial charge in [-0.2, -0.15) is 0 Å². The Kier molecular flexibility index (Phi) is 10.4. The number of phenolic OH excluding ortho intramolecular Hbond substituents is 2. The molecule has 3 aromatic carbocycles. The monoisotopic (exact) mass is 757 g/mol. The molecule has 1 saturated heterocycles. The van der Waals surface area contributed by atoms with Crippen molar-refractivity contribution in [2.24, 2.45) is 0 Å². The van der Waals surface area contributed by atoms with E-state index in [0.717, 1.165) is 47.9 Å². The van der Waals surface area contributed by atoms with Crippen LogP contribution in [0.2, 0.25) is 0 Å². The highest BCUT2D eigenvalue weighted by atomic mass is 16.8. The van der Waals surface area contributed by atoms with E-state index in [0.29, 0.717) is 29.5 Å². The zero-order valence-corrected chi connectivity index (χ0v) is 29.6. The van der Waals surface area contributed by atoms with Gasteiger partial charge in [-0.25, -0.2) is 9.78 Å². The number of aliphatic hydroxyl groups excluding tert-OH is 4. The van der Waals surface area contributed by atoms with E-state index in [1.54, 1.807) is 18.3 Å². The first-order valence-electron chi connectivity index (χ1n) is 18.0. The van der Waals surface area contributed by atoms with Crippen LogP contribution in [-0.4, -0.2) is 106 Å². The van der Waals surface area contributed by atoms with Gasteiger partial charge in [0.05, 0.1) is 18.6 Å². The van der Waals surface area contributed by atoms with Gasteiger partial charge in [0.2, 0.25) is 0 Å². The summed E-state index contributed by atoms with van der Waals surface area (Å²) >= 11 is 0. The number of fused-ring (bicyclic) bond motifs is 1. The lowest BCUT2D eigenvalue weighted by molar-refractivity contribution is -0.422. The third-order valence-electron chi connectivity index (χ3n) is 11.1. The second-order valence-electron chi connectivity index (χ2n) is 14.5. The number of rotatable bonds is 11. The van der Waals surface area contributed by atoms with Crippen molar-refractivity contribution >= 4 is 23.6 Å². The summed E-state index contributed by atoms with van der Waals surface area (Å²) in [6.07, 6.45) is 2.17. The standard InChI is InChI=1S/C40H43N3O12/c44-20-32-35(48)36(49)37(50)40(53,55-32)54-31-17-28-26(16-30(31)46)27(18-39(12-4-5-13-39)24-6-2-1-3-7-24)34(38(51)52)43(28)33(47)11-9-22-8-10-29(45)23(14-22)15-25-19-41-21-42-25/h1-3,6-11,14,16-17,19,21,27,32,34-37,44-46,48-50,53H,4-5,12-13,15,18,20H2,(H,41,42)(H,51,52). The summed E-state index contributed by atoms with van der Waals surface area (Å²) in [4.78, 5) is 35.7. The molecule has 2 fully saturated rings. The van der Waals surface area contributed by atoms with Crippen LogP contribution in [0.3, 0.4) is 0 Å². The van der Waals surface area contributed by atoms with Gasteiger partial charge in [-0.15, -0.1) is 0 Å². The molecular formula is C40H43N3O12. The van der Waals surface area contributed by atoms with Crippen molar-refractivity contribution in [1.82, 2.24) is 9.97 Å². The maximum atomic E-state index is 14.3. The Bertz CT molecular complexity index is 2050. The molecule has 2 aliphatic heterocycles. The number of amides is 1. The minimum absolute atomic E-state index is 0.0352. The Labute approximate surface area is 315 Å². The first-order chi connectivity index (χ1) is 26.3. The zero-order valence-electron chi connectivity index (χ0n) is 29.6. The van der Waals surface area contributed by atoms with Gasteiger partial charge in [0.25, 0.3) is 5.91 Å². The molecule has 0 bridgehead atoms. The van der Waals surface area contributed by atoms with Gasteiger partial charge in [0.1, 0.15) is 30.1 Å². The van der Waals surface area contributed by atoms with Gasteiger partial charge in [-0.05, 0) is 65.6 Å². The summed E-state index contributed by atoms with van der Waals surface area (Å²) < 4.78 is 10.8. The van der Waals surface area contributed by atoms with Crippen LogP contribution in [0.15, 0.2) is 79.3 Å². The summed E-state index contributed by atoms with van der Waals surface area (Å²) in [5.41, 5.74) is 2.82. The molecule has 1 aromatic heterocycles. The van der Waals surface area contributed by atoms with Crippen LogP contribution in [0, 0.1) is 0 Å². The molecule has 0 radical (unpaired) electrons. The van der Waals surface area contributed by atoms with Gasteiger partial charge in [0.15, 0.2) is 17.6 Å². The lowest BCUT2D eigenvalue weighted by Gasteiger charge is -2.44. The minimum Gasteiger partial charge on any atom is -0.508 e. The fraction of sp³-hybridized carbons (Fsp3) is 0.375. The molecule has 1 amide bonds. The maximum absolute atomic E-state index is 14.3. The number of anilines is 1.